The Hall–Kier alpha value is -1.70. The third-order valence-corrected chi connectivity index (χ3v) is 4.49. The minimum atomic E-state index is 0. The molecule has 1 fully saturated rings. The van der Waals surface area contributed by atoms with Crippen LogP contribution in [0.15, 0.2) is 52.1 Å². The average molecular weight is 469 g/mol. The summed E-state index contributed by atoms with van der Waals surface area (Å²) in [6.07, 6.45) is 7.60. The molecule has 0 bridgehead atoms. The van der Waals surface area contributed by atoms with Crippen LogP contribution in [-0.2, 0) is 13.0 Å². The largest absolute Gasteiger partial charge is 0.497 e. The Labute approximate surface area is 172 Å². The van der Waals surface area contributed by atoms with E-state index in [1.807, 2.05) is 30.3 Å². The monoisotopic (exact) mass is 469 g/mol. The highest BCUT2D eigenvalue weighted by molar-refractivity contribution is 14.0. The van der Waals surface area contributed by atoms with Crippen molar-refractivity contribution in [3.63, 3.8) is 0 Å². The van der Waals surface area contributed by atoms with E-state index in [0.717, 1.165) is 36.0 Å². The molecule has 1 saturated carbocycles. The third-order valence-electron chi connectivity index (χ3n) is 4.49. The van der Waals surface area contributed by atoms with Crippen molar-refractivity contribution in [2.24, 2.45) is 4.99 Å². The number of rotatable bonds is 7. The summed E-state index contributed by atoms with van der Waals surface area (Å²) in [7, 11) is 1.69. The van der Waals surface area contributed by atoms with Gasteiger partial charge >= 0.3 is 0 Å². The summed E-state index contributed by atoms with van der Waals surface area (Å²) in [6.45, 7) is 1.42. The zero-order valence-electron chi connectivity index (χ0n) is 15.2. The summed E-state index contributed by atoms with van der Waals surface area (Å²) >= 11 is 0. The number of aliphatic imine (C=N–C) groups is 1. The number of halogens is 1. The predicted octanol–water partition coefficient (Wildman–Crippen LogP) is 4.13. The molecule has 26 heavy (non-hydrogen) atoms. The van der Waals surface area contributed by atoms with Crippen LogP contribution < -0.4 is 15.4 Å². The van der Waals surface area contributed by atoms with Crippen LogP contribution in [0, 0.1) is 0 Å². The van der Waals surface area contributed by atoms with Gasteiger partial charge in [-0.05, 0) is 42.7 Å². The van der Waals surface area contributed by atoms with Crippen LogP contribution in [0.4, 0.5) is 0 Å². The molecule has 0 spiro atoms. The summed E-state index contributed by atoms with van der Waals surface area (Å²) in [5.41, 5.74) is 1.14. The maximum atomic E-state index is 5.39. The quantitative estimate of drug-likeness (QED) is 0.364. The van der Waals surface area contributed by atoms with E-state index < -0.39 is 0 Å². The van der Waals surface area contributed by atoms with Crippen LogP contribution in [0.5, 0.6) is 5.75 Å². The van der Waals surface area contributed by atoms with E-state index in [1.54, 1.807) is 13.4 Å². The van der Waals surface area contributed by atoms with Crippen molar-refractivity contribution < 1.29 is 9.15 Å². The Morgan fingerprint density at radius 1 is 1.23 bits per heavy atom. The number of nitrogens with zero attached hydrogens (tertiary/aromatic N) is 1. The fourth-order valence-electron chi connectivity index (χ4n) is 3.12. The highest BCUT2D eigenvalue weighted by atomic mass is 127. The first kappa shape index (κ1) is 20.6. The molecule has 1 aliphatic rings. The van der Waals surface area contributed by atoms with Gasteiger partial charge in [0.15, 0.2) is 5.96 Å². The molecule has 5 nitrogen and oxygen atoms in total. The molecule has 0 aliphatic heterocycles. The Kier molecular flexibility index (Phi) is 8.80. The van der Waals surface area contributed by atoms with Crippen molar-refractivity contribution in [3.8, 4) is 5.75 Å². The lowest BCUT2D eigenvalue weighted by atomic mass is 10.2. The Morgan fingerprint density at radius 3 is 2.81 bits per heavy atom. The number of ether oxygens (including phenoxy) is 1. The lowest BCUT2D eigenvalue weighted by molar-refractivity contribution is 0.414. The zero-order chi connectivity index (χ0) is 17.3. The van der Waals surface area contributed by atoms with Gasteiger partial charge in [0.05, 0.1) is 19.9 Å². The molecule has 0 amide bonds. The first-order chi connectivity index (χ1) is 12.3. The molecule has 3 rings (SSSR count). The smallest absolute Gasteiger partial charge is 0.191 e. The van der Waals surface area contributed by atoms with Gasteiger partial charge in [-0.2, -0.15) is 0 Å². The highest BCUT2D eigenvalue weighted by Gasteiger charge is 2.16. The molecular weight excluding hydrogens is 441 g/mol. The van der Waals surface area contributed by atoms with E-state index in [-0.39, 0.29) is 24.0 Å². The minimum Gasteiger partial charge on any atom is -0.497 e. The first-order valence-electron chi connectivity index (χ1n) is 9.03. The third kappa shape index (κ3) is 6.55. The molecule has 0 radical (unpaired) electrons. The molecule has 1 aromatic carbocycles. The van der Waals surface area contributed by atoms with Gasteiger partial charge in [0.25, 0.3) is 0 Å². The van der Waals surface area contributed by atoms with E-state index in [9.17, 15) is 0 Å². The molecule has 6 heteroatoms. The van der Waals surface area contributed by atoms with Gasteiger partial charge in [0, 0.05) is 19.0 Å². The lowest BCUT2D eigenvalue weighted by Crippen LogP contribution is -2.43. The van der Waals surface area contributed by atoms with Gasteiger partial charge in [-0.15, -0.1) is 24.0 Å². The lowest BCUT2D eigenvalue weighted by Gasteiger charge is -2.17. The number of nitrogens with one attached hydrogen (secondary N) is 2. The fraction of sp³-hybridized carbons (Fsp3) is 0.450. The molecule has 142 valence electrons. The number of benzene rings is 1. The van der Waals surface area contributed by atoms with Gasteiger partial charge in [-0.25, -0.2) is 4.99 Å². The SMILES string of the molecule is COc1cccc(CN=C(NCCc2ccco2)NC2CCCC2)c1.I. The van der Waals surface area contributed by atoms with Crippen LogP contribution in [0.3, 0.4) is 0 Å². The van der Waals surface area contributed by atoms with Crippen LogP contribution in [0.25, 0.3) is 0 Å². The Bertz CT molecular complexity index is 667. The maximum absolute atomic E-state index is 5.39. The average Bonchev–Trinajstić information content (AvgIpc) is 3.33. The summed E-state index contributed by atoms with van der Waals surface area (Å²) in [4.78, 5) is 4.76. The van der Waals surface area contributed by atoms with Gasteiger partial charge in [-0.3, -0.25) is 0 Å². The van der Waals surface area contributed by atoms with Crippen molar-refractivity contribution >= 4 is 29.9 Å². The van der Waals surface area contributed by atoms with E-state index in [2.05, 4.69) is 16.7 Å². The molecule has 0 saturated heterocycles. The first-order valence-corrected chi connectivity index (χ1v) is 9.03. The molecule has 1 heterocycles. The molecule has 2 N–H and O–H groups in total. The predicted molar refractivity (Wildman–Crippen MR) is 115 cm³/mol. The number of hydrogen-bond donors (Lipinski definition) is 2. The molecule has 1 aromatic heterocycles. The zero-order valence-corrected chi connectivity index (χ0v) is 17.6. The molecule has 0 unspecified atom stereocenters. The van der Waals surface area contributed by atoms with Gasteiger partial charge in [0.1, 0.15) is 11.5 Å². The number of methoxy groups -OCH3 is 1. The van der Waals surface area contributed by atoms with Gasteiger partial charge in [-0.1, -0.05) is 25.0 Å². The highest BCUT2D eigenvalue weighted by Crippen LogP contribution is 2.17. The second kappa shape index (κ2) is 11.1. The minimum absolute atomic E-state index is 0. The Balaban J connectivity index is 0.00000243. The molecule has 2 aromatic rings. The van der Waals surface area contributed by atoms with E-state index >= 15 is 0 Å². The molecular formula is C20H28IN3O2. The van der Waals surface area contributed by atoms with Gasteiger partial charge in [0.2, 0.25) is 0 Å². The molecule has 1 aliphatic carbocycles. The summed E-state index contributed by atoms with van der Waals surface area (Å²) < 4.78 is 10.7. The van der Waals surface area contributed by atoms with Crippen LogP contribution in [0.1, 0.15) is 37.0 Å². The molecule has 0 atom stereocenters. The van der Waals surface area contributed by atoms with E-state index in [4.69, 9.17) is 14.1 Å². The standard InChI is InChI=1S/C20H27N3O2.HI/c1-24-19-9-4-6-16(14-19)15-22-20(23-17-7-2-3-8-17)21-12-11-18-10-5-13-25-18;/h4-6,9-10,13-14,17H,2-3,7-8,11-12,15H2,1H3,(H2,21,22,23);1H. The Morgan fingerprint density at radius 2 is 2.08 bits per heavy atom. The summed E-state index contributed by atoms with van der Waals surface area (Å²) in [5.74, 6) is 2.73. The second-order valence-electron chi connectivity index (χ2n) is 6.40. The topological polar surface area (TPSA) is 58.8 Å². The van der Waals surface area contributed by atoms with Crippen LogP contribution >= 0.6 is 24.0 Å². The van der Waals surface area contributed by atoms with Crippen molar-refractivity contribution in [1.29, 1.82) is 0 Å². The van der Waals surface area contributed by atoms with Crippen molar-refractivity contribution in [2.45, 2.75) is 44.7 Å². The van der Waals surface area contributed by atoms with Gasteiger partial charge < -0.3 is 19.8 Å². The van der Waals surface area contributed by atoms with Crippen molar-refractivity contribution in [2.75, 3.05) is 13.7 Å². The fourth-order valence-corrected chi connectivity index (χ4v) is 3.12. The number of hydrogen-bond acceptors (Lipinski definition) is 3. The normalized spacial score (nSPS) is 14.7. The summed E-state index contributed by atoms with van der Waals surface area (Å²) in [5, 5.41) is 7.00. The van der Waals surface area contributed by atoms with Crippen LogP contribution in [0.2, 0.25) is 0 Å². The number of guanidine groups is 1. The van der Waals surface area contributed by atoms with Crippen LogP contribution in [-0.4, -0.2) is 25.7 Å². The van der Waals surface area contributed by atoms with E-state index in [1.165, 1.54) is 25.7 Å². The van der Waals surface area contributed by atoms with Crippen molar-refractivity contribution in [1.82, 2.24) is 10.6 Å². The summed E-state index contributed by atoms with van der Waals surface area (Å²) in [6, 6.07) is 12.5. The maximum Gasteiger partial charge on any atom is 0.191 e. The van der Waals surface area contributed by atoms with Crippen molar-refractivity contribution in [3.05, 3.63) is 54.0 Å². The second-order valence-corrected chi connectivity index (χ2v) is 6.40. The van der Waals surface area contributed by atoms with E-state index in [0.29, 0.717) is 12.6 Å². The number of furan rings is 1.